The monoisotopic (exact) mass is 386 g/mol. The molecule has 0 radical (unpaired) electrons. The lowest BCUT2D eigenvalue weighted by Gasteiger charge is -2.21. The van der Waals surface area contributed by atoms with Crippen LogP contribution >= 0.6 is 0 Å². The van der Waals surface area contributed by atoms with E-state index < -0.39 is 23.1 Å². The number of carboxylic acid groups (broad SMARTS) is 1. The molecule has 1 aromatic carbocycles. The number of aromatic carboxylic acids is 1. The van der Waals surface area contributed by atoms with E-state index in [0.29, 0.717) is 31.3 Å². The molecule has 0 saturated heterocycles. The number of rotatable bonds is 5. The third-order valence-corrected chi connectivity index (χ3v) is 4.70. The minimum absolute atomic E-state index is 0.191. The van der Waals surface area contributed by atoms with Crippen LogP contribution in [0, 0.1) is 0 Å². The zero-order valence-corrected chi connectivity index (χ0v) is 16.5. The first kappa shape index (κ1) is 19.9. The van der Waals surface area contributed by atoms with E-state index in [4.69, 9.17) is 4.74 Å². The fourth-order valence-electron chi connectivity index (χ4n) is 3.60. The number of hydrogen-bond donors (Lipinski definition) is 2. The van der Waals surface area contributed by atoms with E-state index in [1.54, 1.807) is 6.07 Å². The van der Waals surface area contributed by atoms with Crippen molar-refractivity contribution >= 4 is 23.0 Å². The van der Waals surface area contributed by atoms with Gasteiger partial charge >= 0.3 is 12.1 Å². The van der Waals surface area contributed by atoms with Crippen LogP contribution in [0.3, 0.4) is 0 Å². The number of carbonyl (C=O) groups excluding carboxylic acids is 1. The molecule has 0 saturated carbocycles. The van der Waals surface area contributed by atoms with Gasteiger partial charge in [-0.15, -0.1) is 0 Å². The van der Waals surface area contributed by atoms with Crippen LogP contribution in [0.5, 0.6) is 0 Å². The van der Waals surface area contributed by atoms with E-state index in [0.717, 1.165) is 29.5 Å². The second kappa shape index (κ2) is 7.66. The van der Waals surface area contributed by atoms with Crippen LogP contribution in [0.4, 0.5) is 4.79 Å². The highest BCUT2D eigenvalue weighted by molar-refractivity contribution is 5.93. The average molecular weight is 386 g/mol. The van der Waals surface area contributed by atoms with E-state index in [1.165, 1.54) is 6.20 Å². The first-order valence-electron chi connectivity index (χ1n) is 9.55. The zero-order valence-electron chi connectivity index (χ0n) is 16.5. The van der Waals surface area contributed by atoms with Gasteiger partial charge in [0, 0.05) is 24.7 Å². The topological polar surface area (TPSA) is 97.6 Å². The molecule has 7 heteroatoms. The smallest absolute Gasteiger partial charge is 0.407 e. The molecule has 0 bridgehead atoms. The maximum Gasteiger partial charge on any atom is 0.407 e. The largest absolute Gasteiger partial charge is 0.477 e. The summed E-state index contributed by atoms with van der Waals surface area (Å²) in [5, 5.41) is 12.5. The van der Waals surface area contributed by atoms with Gasteiger partial charge in [0.25, 0.3) is 0 Å². The van der Waals surface area contributed by atoms with Crippen molar-refractivity contribution in [1.82, 2.24) is 9.88 Å². The van der Waals surface area contributed by atoms with Gasteiger partial charge in [-0.3, -0.25) is 4.79 Å². The SMILES string of the molecule is CC(C)(C)OC(=O)NCCCc1cc2c3c(c1)c(=O)c(C(=O)O)cn3CCC2. The standard InChI is InChI=1S/C21H26N2O5/c1-21(2,3)28-20(27)22-8-4-6-13-10-14-7-5-9-23-12-16(19(25)26)18(24)15(11-13)17(14)23/h10-12H,4-9H2,1-3H3,(H,22,27)(H,25,26). The van der Waals surface area contributed by atoms with Gasteiger partial charge in [0.05, 0.1) is 5.52 Å². The van der Waals surface area contributed by atoms with Crippen LogP contribution in [0.1, 0.15) is 55.1 Å². The van der Waals surface area contributed by atoms with Gasteiger partial charge in [-0.05, 0) is 63.6 Å². The van der Waals surface area contributed by atoms with Crippen LogP contribution in [0.2, 0.25) is 0 Å². The molecule has 0 fully saturated rings. The van der Waals surface area contributed by atoms with Crippen molar-refractivity contribution in [3.63, 3.8) is 0 Å². The number of nitrogens with zero attached hydrogens (tertiary/aromatic N) is 1. The minimum Gasteiger partial charge on any atom is -0.477 e. The van der Waals surface area contributed by atoms with E-state index in [-0.39, 0.29) is 5.56 Å². The molecule has 0 aliphatic carbocycles. The first-order valence-corrected chi connectivity index (χ1v) is 9.55. The number of hydrogen-bond acceptors (Lipinski definition) is 4. The van der Waals surface area contributed by atoms with Gasteiger partial charge in [-0.25, -0.2) is 9.59 Å². The lowest BCUT2D eigenvalue weighted by Crippen LogP contribution is -2.33. The Kier molecular flexibility index (Phi) is 5.45. The summed E-state index contributed by atoms with van der Waals surface area (Å²) < 4.78 is 7.09. The van der Waals surface area contributed by atoms with Gasteiger partial charge in [0.2, 0.25) is 5.43 Å². The Morgan fingerprint density at radius 1 is 1.29 bits per heavy atom. The van der Waals surface area contributed by atoms with Crippen LogP contribution in [0.25, 0.3) is 10.9 Å². The molecule has 0 unspecified atom stereocenters. The normalized spacial score (nSPS) is 13.4. The molecule has 2 heterocycles. The summed E-state index contributed by atoms with van der Waals surface area (Å²) in [5.41, 5.74) is 1.73. The molecule has 0 atom stereocenters. The number of nitrogens with one attached hydrogen (secondary N) is 1. The number of carboxylic acids is 1. The number of benzene rings is 1. The number of carbonyl (C=O) groups is 2. The lowest BCUT2D eigenvalue weighted by molar-refractivity contribution is 0.0526. The third-order valence-electron chi connectivity index (χ3n) is 4.70. The third kappa shape index (κ3) is 4.35. The number of ether oxygens (including phenoxy) is 1. The second-order valence-corrected chi connectivity index (χ2v) is 8.16. The van der Waals surface area contributed by atoms with Crippen LogP contribution in [-0.4, -0.2) is 33.9 Å². The molecule has 3 rings (SSSR count). The fourth-order valence-corrected chi connectivity index (χ4v) is 3.60. The Labute approximate surface area is 163 Å². The Bertz CT molecular complexity index is 985. The molecular weight excluding hydrogens is 360 g/mol. The zero-order chi connectivity index (χ0) is 20.5. The maximum absolute atomic E-state index is 12.7. The summed E-state index contributed by atoms with van der Waals surface area (Å²) in [5.74, 6) is -1.20. The predicted molar refractivity (Wildman–Crippen MR) is 106 cm³/mol. The number of alkyl carbamates (subject to hydrolysis) is 1. The Hall–Kier alpha value is -2.83. The first-order chi connectivity index (χ1) is 13.2. The number of aryl methyl sites for hydroxylation is 3. The molecular formula is C21H26N2O5. The van der Waals surface area contributed by atoms with Gasteiger partial charge in [0.1, 0.15) is 11.2 Å². The van der Waals surface area contributed by atoms with Crippen molar-refractivity contribution < 1.29 is 19.4 Å². The van der Waals surface area contributed by atoms with Crippen LogP contribution in [0.15, 0.2) is 23.1 Å². The van der Waals surface area contributed by atoms with Gasteiger partial charge in [0.15, 0.2) is 0 Å². The second-order valence-electron chi connectivity index (χ2n) is 8.16. The lowest BCUT2D eigenvalue weighted by atomic mass is 9.95. The molecule has 150 valence electrons. The molecule has 2 N–H and O–H groups in total. The maximum atomic E-state index is 12.7. The summed E-state index contributed by atoms with van der Waals surface area (Å²) in [4.78, 5) is 35.8. The highest BCUT2D eigenvalue weighted by Crippen LogP contribution is 2.26. The number of pyridine rings is 1. The molecule has 0 spiro atoms. The Morgan fingerprint density at radius 2 is 2.04 bits per heavy atom. The van der Waals surface area contributed by atoms with Gasteiger partial charge in [-0.1, -0.05) is 6.07 Å². The van der Waals surface area contributed by atoms with Crippen molar-refractivity contribution in [3.8, 4) is 0 Å². The Balaban J connectivity index is 1.78. The van der Waals surface area contributed by atoms with Crippen LogP contribution < -0.4 is 10.7 Å². The van der Waals surface area contributed by atoms with Gasteiger partial charge in [-0.2, -0.15) is 0 Å². The van der Waals surface area contributed by atoms with Gasteiger partial charge < -0.3 is 19.7 Å². The van der Waals surface area contributed by atoms with E-state index >= 15 is 0 Å². The number of aromatic nitrogens is 1. The van der Waals surface area contributed by atoms with Crippen molar-refractivity contribution in [1.29, 1.82) is 0 Å². The van der Waals surface area contributed by atoms with Crippen molar-refractivity contribution in [3.05, 3.63) is 45.2 Å². The highest BCUT2D eigenvalue weighted by Gasteiger charge is 2.20. The van der Waals surface area contributed by atoms with E-state index in [1.807, 2.05) is 25.3 Å². The quantitative estimate of drug-likeness (QED) is 0.770. The molecule has 28 heavy (non-hydrogen) atoms. The molecule has 1 aliphatic rings. The summed E-state index contributed by atoms with van der Waals surface area (Å²) >= 11 is 0. The summed E-state index contributed by atoms with van der Waals surface area (Å²) in [6.07, 6.45) is 4.15. The summed E-state index contributed by atoms with van der Waals surface area (Å²) in [6.45, 7) is 6.60. The molecule has 1 aromatic heterocycles. The minimum atomic E-state index is -1.20. The van der Waals surface area contributed by atoms with Crippen LogP contribution in [-0.2, 0) is 24.1 Å². The molecule has 1 amide bonds. The average Bonchev–Trinajstić information content (AvgIpc) is 2.59. The van der Waals surface area contributed by atoms with E-state index in [2.05, 4.69) is 11.4 Å². The summed E-state index contributed by atoms with van der Waals surface area (Å²) in [6, 6.07) is 3.88. The number of amides is 1. The van der Waals surface area contributed by atoms with E-state index in [9.17, 15) is 19.5 Å². The molecule has 7 nitrogen and oxygen atoms in total. The van der Waals surface area contributed by atoms with Crippen molar-refractivity contribution in [2.24, 2.45) is 0 Å². The molecule has 2 aromatic rings. The molecule has 1 aliphatic heterocycles. The Morgan fingerprint density at radius 3 is 2.71 bits per heavy atom. The predicted octanol–water partition coefficient (Wildman–Crippen LogP) is 3.10. The fraction of sp³-hybridized carbons (Fsp3) is 0.476. The highest BCUT2D eigenvalue weighted by atomic mass is 16.6. The van der Waals surface area contributed by atoms with Crippen molar-refractivity contribution in [2.45, 2.75) is 58.6 Å². The van der Waals surface area contributed by atoms with Crippen molar-refractivity contribution in [2.75, 3.05) is 6.54 Å². The summed E-state index contributed by atoms with van der Waals surface area (Å²) in [7, 11) is 0.